The number of aryl methyl sites for hydroxylation is 2. The van der Waals surface area contributed by atoms with E-state index in [1.165, 1.54) is 0 Å². The Labute approximate surface area is 113 Å². The molecule has 0 saturated carbocycles. The van der Waals surface area contributed by atoms with Crippen molar-refractivity contribution < 1.29 is 9.84 Å². The van der Waals surface area contributed by atoms with E-state index < -0.39 is 0 Å². The maximum absolute atomic E-state index is 9.79. The van der Waals surface area contributed by atoms with Gasteiger partial charge in [0.05, 0.1) is 12.8 Å². The van der Waals surface area contributed by atoms with Gasteiger partial charge in [-0.1, -0.05) is 0 Å². The molecule has 2 aromatic carbocycles. The molecule has 0 spiro atoms. The normalized spacial score (nSPS) is 10.9. The Kier molecular flexibility index (Phi) is 3.85. The summed E-state index contributed by atoms with van der Waals surface area (Å²) in [5.41, 5.74) is 3.64. The van der Waals surface area contributed by atoms with Crippen LogP contribution in [-0.4, -0.2) is 18.4 Å². The molecule has 19 heavy (non-hydrogen) atoms. The average molecular weight is 254 g/mol. The predicted molar refractivity (Wildman–Crippen MR) is 76.7 cm³/mol. The number of hydrogen-bond donors (Lipinski definition) is 1. The summed E-state index contributed by atoms with van der Waals surface area (Å²) in [7, 11) is 1.59. The molecule has 2 aromatic rings. The van der Waals surface area contributed by atoms with Gasteiger partial charge in [-0.25, -0.2) is 0 Å². The van der Waals surface area contributed by atoms with Gasteiger partial charge < -0.3 is 9.84 Å². The van der Waals surface area contributed by atoms with E-state index in [0.717, 1.165) is 16.8 Å². The third-order valence-electron chi connectivity index (χ3n) is 2.91. The van der Waals surface area contributed by atoms with E-state index in [9.17, 15) is 5.11 Å². The number of aliphatic imine (C=N–C) groups is 1. The molecule has 97 valence electrons. The van der Waals surface area contributed by atoms with E-state index in [1.807, 2.05) is 26.0 Å². The van der Waals surface area contributed by atoms with Crippen LogP contribution in [0.4, 0.5) is 5.69 Å². The van der Waals surface area contributed by atoms with Crippen LogP contribution in [0.2, 0.25) is 0 Å². The second-order valence-electron chi connectivity index (χ2n) is 4.35. The molecule has 1 radical (unpaired) electrons. The Morgan fingerprint density at radius 3 is 2.53 bits per heavy atom. The van der Waals surface area contributed by atoms with Crippen LogP contribution in [0.1, 0.15) is 16.7 Å². The van der Waals surface area contributed by atoms with E-state index in [4.69, 9.17) is 4.74 Å². The SMILES string of the molecule is COc1ccc(O)c(/C=N/c2c(C)c[c]cc2C)c1. The zero-order valence-electron chi connectivity index (χ0n) is 11.3. The Morgan fingerprint density at radius 1 is 1.21 bits per heavy atom. The zero-order chi connectivity index (χ0) is 13.8. The van der Waals surface area contributed by atoms with Gasteiger partial charge in [-0.05, 0) is 61.4 Å². The van der Waals surface area contributed by atoms with E-state index in [-0.39, 0.29) is 5.75 Å². The maximum Gasteiger partial charge on any atom is 0.124 e. The second-order valence-corrected chi connectivity index (χ2v) is 4.35. The van der Waals surface area contributed by atoms with Crippen LogP contribution in [0.5, 0.6) is 11.5 Å². The first-order valence-electron chi connectivity index (χ1n) is 6.00. The minimum absolute atomic E-state index is 0.183. The fourth-order valence-corrected chi connectivity index (χ4v) is 1.84. The first-order chi connectivity index (χ1) is 9.11. The molecule has 0 amide bonds. The Bertz CT molecular complexity index is 598. The van der Waals surface area contributed by atoms with Gasteiger partial charge in [0.1, 0.15) is 11.5 Å². The molecule has 3 nitrogen and oxygen atoms in total. The lowest BCUT2D eigenvalue weighted by Crippen LogP contribution is -1.88. The molecule has 1 N–H and O–H groups in total. The molecule has 2 rings (SSSR count). The monoisotopic (exact) mass is 254 g/mol. The highest BCUT2D eigenvalue weighted by Gasteiger charge is 2.02. The molecule has 0 aliphatic rings. The number of rotatable bonds is 3. The number of ether oxygens (including phenoxy) is 1. The van der Waals surface area contributed by atoms with E-state index >= 15 is 0 Å². The molecule has 0 aliphatic carbocycles. The third kappa shape index (κ3) is 2.94. The molecule has 0 aromatic heterocycles. The van der Waals surface area contributed by atoms with Crippen molar-refractivity contribution in [2.75, 3.05) is 7.11 Å². The van der Waals surface area contributed by atoms with Gasteiger partial charge in [0.2, 0.25) is 0 Å². The summed E-state index contributed by atoms with van der Waals surface area (Å²) >= 11 is 0. The Hall–Kier alpha value is -2.29. The predicted octanol–water partition coefficient (Wildman–Crippen LogP) is 3.57. The van der Waals surface area contributed by atoms with Crippen LogP contribution in [0, 0.1) is 19.9 Å². The van der Waals surface area contributed by atoms with E-state index in [2.05, 4.69) is 11.1 Å². The molecule has 0 unspecified atom stereocenters. The van der Waals surface area contributed by atoms with Gasteiger partial charge in [-0.3, -0.25) is 4.99 Å². The fourth-order valence-electron chi connectivity index (χ4n) is 1.84. The zero-order valence-corrected chi connectivity index (χ0v) is 11.3. The molecule has 0 saturated heterocycles. The second kappa shape index (κ2) is 5.57. The quantitative estimate of drug-likeness (QED) is 0.851. The first-order valence-corrected chi connectivity index (χ1v) is 6.00. The summed E-state index contributed by atoms with van der Waals surface area (Å²) in [6.07, 6.45) is 1.65. The minimum atomic E-state index is 0.183. The third-order valence-corrected chi connectivity index (χ3v) is 2.91. The van der Waals surface area contributed by atoms with E-state index in [1.54, 1.807) is 31.5 Å². The Morgan fingerprint density at radius 2 is 1.89 bits per heavy atom. The topological polar surface area (TPSA) is 41.8 Å². The fraction of sp³-hybridized carbons (Fsp3) is 0.188. The largest absolute Gasteiger partial charge is 0.507 e. The van der Waals surface area contributed by atoms with Gasteiger partial charge in [0.25, 0.3) is 0 Å². The van der Waals surface area contributed by atoms with Crippen LogP contribution in [0.25, 0.3) is 0 Å². The highest BCUT2D eigenvalue weighted by atomic mass is 16.5. The van der Waals surface area contributed by atoms with Crippen molar-refractivity contribution in [2.24, 2.45) is 4.99 Å². The highest BCUT2D eigenvalue weighted by Crippen LogP contribution is 2.25. The van der Waals surface area contributed by atoms with Gasteiger partial charge >= 0.3 is 0 Å². The summed E-state index contributed by atoms with van der Waals surface area (Å²) in [6.45, 7) is 3.98. The van der Waals surface area contributed by atoms with Crippen molar-refractivity contribution in [3.05, 3.63) is 53.1 Å². The molecular weight excluding hydrogens is 238 g/mol. The summed E-state index contributed by atoms with van der Waals surface area (Å²) in [5, 5.41) is 9.79. The minimum Gasteiger partial charge on any atom is -0.507 e. The number of benzene rings is 2. The van der Waals surface area contributed by atoms with Crippen molar-refractivity contribution in [1.29, 1.82) is 0 Å². The van der Waals surface area contributed by atoms with Crippen LogP contribution >= 0.6 is 0 Å². The summed E-state index contributed by atoms with van der Waals surface area (Å²) < 4.78 is 5.13. The lowest BCUT2D eigenvalue weighted by Gasteiger charge is -2.05. The van der Waals surface area contributed by atoms with E-state index in [0.29, 0.717) is 11.3 Å². The number of phenolic OH excluding ortho intramolecular Hbond substituents is 1. The van der Waals surface area contributed by atoms with Crippen molar-refractivity contribution in [2.45, 2.75) is 13.8 Å². The summed E-state index contributed by atoms with van der Waals surface area (Å²) in [5.74, 6) is 0.872. The molecule has 0 heterocycles. The molecule has 0 fully saturated rings. The molecular formula is C16H16NO2. The van der Waals surface area contributed by atoms with Crippen molar-refractivity contribution in [3.8, 4) is 11.5 Å². The standard InChI is InChI=1S/C16H16NO2/c1-11-5-4-6-12(2)16(11)17-10-13-9-14(19-3)7-8-15(13)18/h5-10,18H,1-3H3/b17-10+. The van der Waals surface area contributed by atoms with Gasteiger partial charge in [-0.15, -0.1) is 0 Å². The molecule has 0 bridgehead atoms. The lowest BCUT2D eigenvalue weighted by molar-refractivity contribution is 0.412. The van der Waals surface area contributed by atoms with Crippen LogP contribution in [0.15, 0.2) is 35.3 Å². The number of phenols is 1. The number of aromatic hydroxyl groups is 1. The Balaban J connectivity index is 2.37. The molecule has 0 aliphatic heterocycles. The van der Waals surface area contributed by atoms with Crippen LogP contribution in [0.3, 0.4) is 0 Å². The first kappa shape index (κ1) is 13.1. The van der Waals surface area contributed by atoms with Crippen molar-refractivity contribution in [3.63, 3.8) is 0 Å². The van der Waals surface area contributed by atoms with Crippen LogP contribution < -0.4 is 4.74 Å². The highest BCUT2D eigenvalue weighted by molar-refractivity contribution is 5.86. The van der Waals surface area contributed by atoms with Gasteiger partial charge in [0, 0.05) is 11.8 Å². The number of nitrogens with zero attached hydrogens (tertiary/aromatic N) is 1. The lowest BCUT2D eigenvalue weighted by atomic mass is 10.1. The molecule has 3 heteroatoms. The average Bonchev–Trinajstić information content (AvgIpc) is 2.40. The maximum atomic E-state index is 9.79. The smallest absolute Gasteiger partial charge is 0.124 e. The van der Waals surface area contributed by atoms with Crippen molar-refractivity contribution in [1.82, 2.24) is 0 Å². The van der Waals surface area contributed by atoms with Crippen LogP contribution in [-0.2, 0) is 0 Å². The number of methoxy groups -OCH3 is 1. The van der Waals surface area contributed by atoms with Gasteiger partial charge in [-0.2, -0.15) is 0 Å². The molecule has 0 atom stereocenters. The summed E-state index contributed by atoms with van der Waals surface area (Å²) in [6, 6.07) is 11.9. The van der Waals surface area contributed by atoms with Gasteiger partial charge in [0.15, 0.2) is 0 Å². The number of hydrogen-bond acceptors (Lipinski definition) is 3. The summed E-state index contributed by atoms with van der Waals surface area (Å²) in [4.78, 5) is 4.45. The van der Waals surface area contributed by atoms with Crippen molar-refractivity contribution >= 4 is 11.9 Å².